The van der Waals surface area contributed by atoms with Crippen LogP contribution in [0, 0.1) is 0 Å². The highest BCUT2D eigenvalue weighted by Gasteiger charge is 2.09. The number of ether oxygens (including phenoxy) is 2. The summed E-state index contributed by atoms with van der Waals surface area (Å²) in [5, 5.41) is 2.45. The molecule has 3 heteroatoms. The lowest BCUT2D eigenvalue weighted by atomic mass is 10.1. The van der Waals surface area contributed by atoms with Crippen LogP contribution in [-0.2, 0) is 20.9 Å². The maximum absolute atomic E-state index is 10.8. The van der Waals surface area contributed by atoms with Gasteiger partial charge in [-0.05, 0) is 35.6 Å². The predicted molar refractivity (Wildman–Crippen MR) is 93.2 cm³/mol. The summed E-state index contributed by atoms with van der Waals surface area (Å²) < 4.78 is 11.0. The molecule has 0 N–H and O–H groups in total. The molecule has 2 rings (SSSR count). The SMILES string of the molecule is C=CCC(CCCOC(C)=O)OCc1cccc2ccccc12. The van der Waals surface area contributed by atoms with Crippen LogP contribution in [0.15, 0.2) is 55.1 Å². The summed E-state index contributed by atoms with van der Waals surface area (Å²) >= 11 is 0. The standard InChI is InChI=1S/C20H24O3/c1-3-8-19(12-7-14-22-16(2)21)23-15-18-11-6-10-17-9-4-5-13-20(17)18/h3-6,9-11,13,19H,1,7-8,12,14-15H2,2H3. The van der Waals surface area contributed by atoms with Crippen molar-refractivity contribution in [3.05, 3.63) is 60.7 Å². The third kappa shape index (κ3) is 5.53. The van der Waals surface area contributed by atoms with E-state index in [0.717, 1.165) is 19.3 Å². The summed E-state index contributed by atoms with van der Waals surface area (Å²) in [5.41, 5.74) is 1.19. The molecule has 0 bridgehead atoms. The number of fused-ring (bicyclic) bond motifs is 1. The van der Waals surface area contributed by atoms with E-state index < -0.39 is 0 Å². The summed E-state index contributed by atoms with van der Waals surface area (Å²) in [7, 11) is 0. The first-order valence-corrected chi connectivity index (χ1v) is 8.03. The van der Waals surface area contributed by atoms with E-state index >= 15 is 0 Å². The van der Waals surface area contributed by atoms with E-state index in [-0.39, 0.29) is 12.1 Å². The van der Waals surface area contributed by atoms with Gasteiger partial charge in [-0.2, -0.15) is 0 Å². The van der Waals surface area contributed by atoms with Crippen LogP contribution in [0.3, 0.4) is 0 Å². The summed E-state index contributed by atoms with van der Waals surface area (Å²) in [6.45, 7) is 6.25. The Labute approximate surface area is 137 Å². The second-order valence-electron chi connectivity index (χ2n) is 5.58. The van der Waals surface area contributed by atoms with Gasteiger partial charge in [0.15, 0.2) is 0 Å². The Balaban J connectivity index is 1.92. The lowest BCUT2D eigenvalue weighted by Gasteiger charge is -2.17. The Hall–Kier alpha value is -2.13. The number of benzene rings is 2. The lowest BCUT2D eigenvalue weighted by molar-refractivity contribution is -0.141. The van der Waals surface area contributed by atoms with Crippen LogP contribution in [0.4, 0.5) is 0 Å². The van der Waals surface area contributed by atoms with Crippen molar-refractivity contribution in [1.82, 2.24) is 0 Å². The fraction of sp³-hybridized carbons (Fsp3) is 0.350. The summed E-state index contributed by atoms with van der Waals surface area (Å²) in [6.07, 6.45) is 4.42. The summed E-state index contributed by atoms with van der Waals surface area (Å²) in [4.78, 5) is 10.8. The minimum atomic E-state index is -0.234. The molecule has 2 aromatic carbocycles. The molecule has 0 amide bonds. The van der Waals surface area contributed by atoms with Crippen molar-refractivity contribution in [2.75, 3.05) is 6.61 Å². The van der Waals surface area contributed by atoms with Gasteiger partial charge in [-0.1, -0.05) is 48.5 Å². The molecule has 0 saturated heterocycles. The van der Waals surface area contributed by atoms with Gasteiger partial charge in [0.2, 0.25) is 0 Å². The number of esters is 1. The molecule has 0 heterocycles. The summed E-state index contributed by atoms with van der Waals surface area (Å²) in [5.74, 6) is -0.234. The van der Waals surface area contributed by atoms with Crippen LogP contribution >= 0.6 is 0 Å². The molecule has 0 aliphatic carbocycles. The minimum Gasteiger partial charge on any atom is -0.466 e. The van der Waals surface area contributed by atoms with Gasteiger partial charge in [0, 0.05) is 6.92 Å². The van der Waals surface area contributed by atoms with Crippen LogP contribution in [0.2, 0.25) is 0 Å². The molecule has 0 spiro atoms. The molecule has 2 aromatic rings. The average molecular weight is 312 g/mol. The zero-order chi connectivity index (χ0) is 16.5. The van der Waals surface area contributed by atoms with Crippen LogP contribution in [-0.4, -0.2) is 18.7 Å². The third-order valence-corrected chi connectivity index (χ3v) is 3.76. The van der Waals surface area contributed by atoms with E-state index in [0.29, 0.717) is 13.2 Å². The summed E-state index contributed by atoms with van der Waals surface area (Å²) in [6, 6.07) is 14.6. The lowest BCUT2D eigenvalue weighted by Crippen LogP contribution is -2.14. The Morgan fingerprint density at radius 1 is 1.22 bits per heavy atom. The zero-order valence-corrected chi connectivity index (χ0v) is 13.7. The van der Waals surface area contributed by atoms with Crippen LogP contribution < -0.4 is 0 Å². The highest BCUT2D eigenvalue weighted by molar-refractivity contribution is 5.85. The van der Waals surface area contributed by atoms with Gasteiger partial charge >= 0.3 is 5.97 Å². The smallest absolute Gasteiger partial charge is 0.302 e. The maximum atomic E-state index is 10.8. The molecule has 0 saturated carbocycles. The molecular formula is C20H24O3. The molecule has 1 unspecified atom stereocenters. The fourth-order valence-corrected chi connectivity index (χ4v) is 2.61. The highest BCUT2D eigenvalue weighted by Crippen LogP contribution is 2.20. The Morgan fingerprint density at radius 2 is 2.00 bits per heavy atom. The van der Waals surface area contributed by atoms with E-state index in [1.807, 2.05) is 18.2 Å². The van der Waals surface area contributed by atoms with E-state index in [1.165, 1.54) is 23.3 Å². The first kappa shape index (κ1) is 17.2. The quantitative estimate of drug-likeness (QED) is 0.384. The first-order chi connectivity index (χ1) is 11.2. The predicted octanol–water partition coefficient (Wildman–Crippen LogP) is 4.64. The molecule has 0 aromatic heterocycles. The van der Waals surface area contributed by atoms with Crippen molar-refractivity contribution in [3.63, 3.8) is 0 Å². The molecule has 3 nitrogen and oxygen atoms in total. The minimum absolute atomic E-state index is 0.0991. The van der Waals surface area contributed by atoms with Gasteiger partial charge in [0.1, 0.15) is 0 Å². The molecule has 0 radical (unpaired) electrons. The van der Waals surface area contributed by atoms with Gasteiger partial charge < -0.3 is 9.47 Å². The Bertz CT molecular complexity index is 643. The van der Waals surface area contributed by atoms with Gasteiger partial charge in [0.25, 0.3) is 0 Å². The van der Waals surface area contributed by atoms with E-state index in [9.17, 15) is 4.79 Å². The third-order valence-electron chi connectivity index (χ3n) is 3.76. The van der Waals surface area contributed by atoms with Gasteiger partial charge in [-0.25, -0.2) is 0 Å². The fourth-order valence-electron chi connectivity index (χ4n) is 2.61. The van der Waals surface area contributed by atoms with Crippen molar-refractivity contribution >= 4 is 16.7 Å². The number of hydrogen-bond acceptors (Lipinski definition) is 3. The van der Waals surface area contributed by atoms with Crippen LogP contribution in [0.5, 0.6) is 0 Å². The van der Waals surface area contributed by atoms with E-state index in [1.54, 1.807) is 0 Å². The maximum Gasteiger partial charge on any atom is 0.302 e. The molecular weight excluding hydrogens is 288 g/mol. The molecule has 0 aliphatic heterocycles. The van der Waals surface area contributed by atoms with Crippen LogP contribution in [0.1, 0.15) is 31.7 Å². The second-order valence-corrected chi connectivity index (χ2v) is 5.58. The zero-order valence-electron chi connectivity index (χ0n) is 13.7. The van der Waals surface area contributed by atoms with Gasteiger partial charge in [-0.3, -0.25) is 4.79 Å². The topological polar surface area (TPSA) is 35.5 Å². The number of rotatable bonds is 9. The largest absolute Gasteiger partial charge is 0.466 e. The molecule has 0 fully saturated rings. The molecule has 23 heavy (non-hydrogen) atoms. The number of carbonyl (C=O) groups excluding carboxylic acids is 1. The van der Waals surface area contributed by atoms with Crippen molar-refractivity contribution in [3.8, 4) is 0 Å². The molecule has 0 aliphatic rings. The van der Waals surface area contributed by atoms with Crippen molar-refractivity contribution in [2.45, 2.75) is 38.9 Å². The van der Waals surface area contributed by atoms with Gasteiger partial charge in [-0.15, -0.1) is 6.58 Å². The second kappa shape index (κ2) is 9.11. The van der Waals surface area contributed by atoms with E-state index in [4.69, 9.17) is 9.47 Å². The van der Waals surface area contributed by atoms with Crippen molar-refractivity contribution < 1.29 is 14.3 Å². The molecule has 122 valence electrons. The Morgan fingerprint density at radius 3 is 2.78 bits per heavy atom. The highest BCUT2D eigenvalue weighted by atomic mass is 16.5. The number of carbonyl (C=O) groups is 1. The van der Waals surface area contributed by atoms with Crippen LogP contribution in [0.25, 0.3) is 10.8 Å². The average Bonchev–Trinajstić information content (AvgIpc) is 2.56. The van der Waals surface area contributed by atoms with Gasteiger partial charge in [0.05, 0.1) is 19.3 Å². The van der Waals surface area contributed by atoms with Crippen molar-refractivity contribution in [2.24, 2.45) is 0 Å². The molecule has 1 atom stereocenters. The monoisotopic (exact) mass is 312 g/mol. The Kier molecular flexibility index (Phi) is 6.82. The normalized spacial score (nSPS) is 12.0. The first-order valence-electron chi connectivity index (χ1n) is 8.03. The number of hydrogen-bond donors (Lipinski definition) is 0. The van der Waals surface area contributed by atoms with Crippen molar-refractivity contribution in [1.29, 1.82) is 0 Å². The van der Waals surface area contributed by atoms with E-state index in [2.05, 4.69) is 36.9 Å².